The van der Waals surface area contributed by atoms with Crippen molar-refractivity contribution in [3.05, 3.63) is 29.8 Å². The molecule has 22 heavy (non-hydrogen) atoms. The van der Waals surface area contributed by atoms with Crippen LogP contribution in [0.2, 0.25) is 0 Å². The molecule has 1 aliphatic rings. The zero-order valence-corrected chi connectivity index (χ0v) is 14.1. The SMILES string of the molecule is CC(C(=O)Nc1ccc(C(C)(C)C)cc1)N1CCCC(O)C1. The molecule has 1 aliphatic heterocycles. The number of aliphatic hydroxyl groups excluding tert-OH is 1. The van der Waals surface area contributed by atoms with Crippen molar-refractivity contribution in [3.8, 4) is 0 Å². The Morgan fingerprint density at radius 1 is 1.32 bits per heavy atom. The molecule has 1 amide bonds. The lowest BCUT2D eigenvalue weighted by Gasteiger charge is -2.34. The van der Waals surface area contributed by atoms with Gasteiger partial charge in [-0.2, -0.15) is 0 Å². The van der Waals surface area contributed by atoms with Crippen LogP contribution in [0.3, 0.4) is 0 Å². The summed E-state index contributed by atoms with van der Waals surface area (Å²) in [5.74, 6) is -0.0161. The number of nitrogens with one attached hydrogen (secondary N) is 1. The maximum atomic E-state index is 12.4. The molecule has 2 rings (SSSR count). The Balaban J connectivity index is 1.96. The minimum absolute atomic E-state index is 0.0161. The lowest BCUT2D eigenvalue weighted by molar-refractivity contribution is -0.121. The smallest absolute Gasteiger partial charge is 0.241 e. The highest BCUT2D eigenvalue weighted by atomic mass is 16.3. The van der Waals surface area contributed by atoms with Crippen LogP contribution in [-0.4, -0.2) is 41.1 Å². The van der Waals surface area contributed by atoms with Crippen molar-refractivity contribution in [2.45, 2.75) is 58.1 Å². The van der Waals surface area contributed by atoms with E-state index >= 15 is 0 Å². The fraction of sp³-hybridized carbons (Fsp3) is 0.611. The maximum absolute atomic E-state index is 12.4. The summed E-state index contributed by atoms with van der Waals surface area (Å²) >= 11 is 0. The first-order valence-electron chi connectivity index (χ1n) is 8.11. The van der Waals surface area contributed by atoms with Crippen LogP contribution in [0.5, 0.6) is 0 Å². The number of aliphatic hydroxyl groups is 1. The van der Waals surface area contributed by atoms with Crippen molar-refractivity contribution in [2.75, 3.05) is 18.4 Å². The molecule has 0 aromatic heterocycles. The molecule has 0 aliphatic carbocycles. The van der Waals surface area contributed by atoms with Gasteiger partial charge in [0.25, 0.3) is 0 Å². The van der Waals surface area contributed by atoms with Gasteiger partial charge in [-0.25, -0.2) is 0 Å². The quantitative estimate of drug-likeness (QED) is 0.903. The van der Waals surface area contributed by atoms with Gasteiger partial charge in [0.1, 0.15) is 0 Å². The van der Waals surface area contributed by atoms with Gasteiger partial charge < -0.3 is 10.4 Å². The number of amides is 1. The van der Waals surface area contributed by atoms with Gasteiger partial charge in [-0.15, -0.1) is 0 Å². The monoisotopic (exact) mass is 304 g/mol. The Morgan fingerprint density at radius 3 is 2.50 bits per heavy atom. The van der Waals surface area contributed by atoms with Gasteiger partial charge in [0.15, 0.2) is 0 Å². The number of likely N-dealkylation sites (tertiary alicyclic amines) is 1. The molecule has 2 unspecified atom stereocenters. The number of β-amino-alcohol motifs (C(OH)–C–C–N with tert-alkyl or cyclic N) is 1. The molecule has 2 atom stereocenters. The molecule has 1 heterocycles. The van der Waals surface area contributed by atoms with E-state index in [0.29, 0.717) is 6.54 Å². The van der Waals surface area contributed by atoms with Gasteiger partial charge >= 0.3 is 0 Å². The zero-order valence-electron chi connectivity index (χ0n) is 14.1. The molecular weight excluding hydrogens is 276 g/mol. The van der Waals surface area contributed by atoms with Gasteiger partial charge in [-0.1, -0.05) is 32.9 Å². The molecule has 1 fully saturated rings. The van der Waals surface area contributed by atoms with Crippen molar-refractivity contribution in [3.63, 3.8) is 0 Å². The third-order valence-corrected chi connectivity index (χ3v) is 4.37. The van der Waals surface area contributed by atoms with Crippen molar-refractivity contribution in [1.82, 2.24) is 4.90 Å². The predicted molar refractivity (Wildman–Crippen MR) is 90.0 cm³/mol. The van der Waals surface area contributed by atoms with Gasteiger partial charge in [-0.05, 0) is 49.4 Å². The minimum atomic E-state index is -0.310. The average Bonchev–Trinajstić information content (AvgIpc) is 2.46. The Hall–Kier alpha value is -1.39. The van der Waals surface area contributed by atoms with Crippen LogP contribution in [0, 0.1) is 0 Å². The zero-order chi connectivity index (χ0) is 16.3. The molecular formula is C18H28N2O2. The number of carbonyl (C=O) groups is 1. The number of nitrogens with zero attached hydrogens (tertiary/aromatic N) is 1. The van der Waals surface area contributed by atoms with E-state index in [4.69, 9.17) is 0 Å². The number of hydrogen-bond acceptors (Lipinski definition) is 3. The molecule has 4 nitrogen and oxygen atoms in total. The van der Waals surface area contributed by atoms with E-state index < -0.39 is 0 Å². The number of carbonyl (C=O) groups excluding carboxylic acids is 1. The number of benzene rings is 1. The Morgan fingerprint density at radius 2 is 1.95 bits per heavy atom. The van der Waals surface area contributed by atoms with E-state index in [9.17, 15) is 9.90 Å². The van der Waals surface area contributed by atoms with E-state index in [1.54, 1.807) is 0 Å². The van der Waals surface area contributed by atoms with Crippen LogP contribution in [0.25, 0.3) is 0 Å². The molecule has 1 aromatic rings. The second kappa shape index (κ2) is 6.80. The van der Waals surface area contributed by atoms with E-state index in [2.05, 4.69) is 38.2 Å². The average molecular weight is 304 g/mol. The third-order valence-electron chi connectivity index (χ3n) is 4.37. The summed E-state index contributed by atoms with van der Waals surface area (Å²) in [5.41, 5.74) is 2.18. The second-order valence-corrected chi connectivity index (χ2v) is 7.28. The lowest BCUT2D eigenvalue weighted by Crippen LogP contribution is -2.48. The van der Waals surface area contributed by atoms with Crippen molar-refractivity contribution >= 4 is 11.6 Å². The van der Waals surface area contributed by atoms with Crippen LogP contribution in [-0.2, 0) is 10.2 Å². The van der Waals surface area contributed by atoms with Gasteiger partial charge in [-0.3, -0.25) is 9.69 Å². The summed E-state index contributed by atoms with van der Waals surface area (Å²) in [6, 6.07) is 7.81. The molecule has 0 saturated carbocycles. The summed E-state index contributed by atoms with van der Waals surface area (Å²) in [6.45, 7) is 9.86. The normalized spacial score (nSPS) is 21.4. The van der Waals surface area contributed by atoms with Crippen LogP contribution in [0.15, 0.2) is 24.3 Å². The highest BCUT2D eigenvalue weighted by Gasteiger charge is 2.26. The molecule has 4 heteroatoms. The van der Waals surface area contributed by atoms with Crippen LogP contribution in [0.1, 0.15) is 46.1 Å². The number of hydrogen-bond donors (Lipinski definition) is 2. The topological polar surface area (TPSA) is 52.6 Å². The van der Waals surface area contributed by atoms with Crippen LogP contribution in [0.4, 0.5) is 5.69 Å². The summed E-state index contributed by atoms with van der Waals surface area (Å²) in [4.78, 5) is 14.4. The summed E-state index contributed by atoms with van der Waals surface area (Å²) < 4.78 is 0. The second-order valence-electron chi connectivity index (χ2n) is 7.28. The highest BCUT2D eigenvalue weighted by molar-refractivity contribution is 5.94. The largest absolute Gasteiger partial charge is 0.392 e. The molecule has 0 radical (unpaired) electrons. The Kier molecular flexibility index (Phi) is 5.24. The lowest BCUT2D eigenvalue weighted by atomic mass is 9.87. The number of piperidine rings is 1. The molecule has 1 saturated heterocycles. The standard InChI is InChI=1S/C18H28N2O2/c1-13(20-11-5-6-16(21)12-20)17(22)19-15-9-7-14(8-10-15)18(2,3)4/h7-10,13,16,21H,5-6,11-12H2,1-4H3,(H,19,22). The Labute approximate surface area is 133 Å². The molecule has 1 aromatic carbocycles. The minimum Gasteiger partial charge on any atom is -0.392 e. The number of rotatable bonds is 3. The number of anilines is 1. The van der Waals surface area contributed by atoms with Gasteiger partial charge in [0.2, 0.25) is 5.91 Å². The predicted octanol–water partition coefficient (Wildman–Crippen LogP) is 2.77. The van der Waals surface area contributed by atoms with E-state index in [0.717, 1.165) is 25.1 Å². The van der Waals surface area contributed by atoms with Crippen LogP contribution < -0.4 is 5.32 Å². The van der Waals surface area contributed by atoms with Gasteiger partial charge in [0, 0.05) is 12.2 Å². The molecule has 122 valence electrons. The van der Waals surface area contributed by atoms with Crippen molar-refractivity contribution < 1.29 is 9.90 Å². The summed E-state index contributed by atoms with van der Waals surface area (Å²) in [7, 11) is 0. The highest BCUT2D eigenvalue weighted by Crippen LogP contribution is 2.23. The molecule has 2 N–H and O–H groups in total. The Bertz CT molecular complexity index is 505. The first-order valence-corrected chi connectivity index (χ1v) is 8.11. The summed E-state index contributed by atoms with van der Waals surface area (Å²) in [6.07, 6.45) is 1.47. The molecule has 0 spiro atoms. The summed E-state index contributed by atoms with van der Waals surface area (Å²) in [5, 5.41) is 12.7. The first kappa shape index (κ1) is 17.0. The van der Waals surface area contributed by atoms with Crippen molar-refractivity contribution in [2.24, 2.45) is 0 Å². The fourth-order valence-electron chi connectivity index (χ4n) is 2.80. The van der Waals surface area contributed by atoms with Crippen LogP contribution >= 0.6 is 0 Å². The van der Waals surface area contributed by atoms with E-state index in [1.807, 2.05) is 24.0 Å². The first-order chi connectivity index (χ1) is 10.3. The third kappa shape index (κ3) is 4.31. The fourth-order valence-corrected chi connectivity index (χ4v) is 2.80. The van der Waals surface area contributed by atoms with Crippen molar-refractivity contribution in [1.29, 1.82) is 0 Å². The van der Waals surface area contributed by atoms with E-state index in [-0.39, 0.29) is 23.5 Å². The van der Waals surface area contributed by atoms with Gasteiger partial charge in [0.05, 0.1) is 12.1 Å². The maximum Gasteiger partial charge on any atom is 0.241 e. The molecule has 0 bridgehead atoms. The van der Waals surface area contributed by atoms with E-state index in [1.165, 1.54) is 5.56 Å².